The van der Waals surface area contributed by atoms with Crippen molar-refractivity contribution >= 4 is 46.5 Å². The standard InChI is InChI=1S/C42H52F2N12O4/c1-52-37-28(6-4-8-32(37)56(42(52)60)33-13-14-35(57)51-41(33)59)7-5-17-53-20-22-54(23-21-53)26-27-9-11-29(12-10-27)48-25-31(36(46)38(43)44)49-40(58)30(24-45)39-47-16-15-34(50-39)55-18-2-3-19-55/h4,6,8,15-16,24-25,27,29,33,38,45-48H,2-3,9-14,17-23,26H2,1H3,(H,49,58)(H,51,57,59)/b31-25+,39-30-,45-24?,46-36?/t27-,29-,33?. The average Bonchev–Trinajstić information content (AvgIpc) is 3.88. The van der Waals surface area contributed by atoms with Gasteiger partial charge in [-0.05, 0) is 69.1 Å². The second-order valence-electron chi connectivity index (χ2n) is 15.9. The van der Waals surface area contributed by atoms with Gasteiger partial charge in [-0.2, -0.15) is 0 Å². The number of likely N-dealkylation sites (tertiary alicyclic amines) is 1. The third-order valence-electron chi connectivity index (χ3n) is 12.0. The Morgan fingerprint density at radius 1 is 1.03 bits per heavy atom. The van der Waals surface area contributed by atoms with Crippen molar-refractivity contribution in [2.75, 3.05) is 52.4 Å². The molecule has 3 amide bonds. The number of hydrogen-bond donors (Lipinski definition) is 6. The lowest BCUT2D eigenvalue weighted by atomic mass is 9.85. The number of amidine groups is 1. The molecule has 1 aromatic heterocycles. The fraction of sp³-hybridized carbons (Fsp3) is 0.500. The minimum Gasteiger partial charge on any atom is -0.386 e. The number of hydrogen-bond acceptors (Lipinski definition) is 12. The van der Waals surface area contributed by atoms with Gasteiger partial charge in [-0.3, -0.25) is 39.1 Å². The Labute approximate surface area is 346 Å². The number of piperidine rings is 1. The van der Waals surface area contributed by atoms with Gasteiger partial charge >= 0.3 is 5.69 Å². The molecule has 1 saturated carbocycles. The summed E-state index contributed by atoms with van der Waals surface area (Å²) in [5.74, 6) is 6.21. The summed E-state index contributed by atoms with van der Waals surface area (Å²) < 4.78 is 30.5. The summed E-state index contributed by atoms with van der Waals surface area (Å²) in [5, 5.41) is 26.7. The second-order valence-corrected chi connectivity index (χ2v) is 15.9. The summed E-state index contributed by atoms with van der Waals surface area (Å²) in [5.41, 5.74) is 0.136. The lowest BCUT2D eigenvalue weighted by Gasteiger charge is -2.37. The molecule has 0 spiro atoms. The highest BCUT2D eigenvalue weighted by molar-refractivity contribution is 6.15. The number of aryl methyl sites for hydroxylation is 1. The zero-order chi connectivity index (χ0) is 42.3. The molecule has 5 heterocycles. The van der Waals surface area contributed by atoms with E-state index in [1.54, 1.807) is 25.4 Å². The Kier molecular flexibility index (Phi) is 13.3. The zero-order valence-corrected chi connectivity index (χ0v) is 33.7. The number of imidazole rings is 1. The molecular weight excluding hydrogens is 775 g/mol. The molecule has 4 aliphatic heterocycles. The van der Waals surface area contributed by atoms with Gasteiger partial charge in [0.1, 0.15) is 23.4 Å². The van der Waals surface area contributed by atoms with E-state index in [4.69, 9.17) is 10.8 Å². The smallest absolute Gasteiger partial charge is 0.329 e. The number of para-hydroxylation sites is 1. The number of carbonyl (C=O) groups excluding carboxylic acids is 3. The summed E-state index contributed by atoms with van der Waals surface area (Å²) in [4.78, 5) is 62.2. The van der Waals surface area contributed by atoms with Gasteiger partial charge in [0.05, 0.1) is 34.4 Å². The number of halogens is 2. The van der Waals surface area contributed by atoms with Crippen molar-refractivity contribution in [2.24, 2.45) is 18.0 Å². The second kappa shape index (κ2) is 19.0. The van der Waals surface area contributed by atoms with Crippen LogP contribution in [-0.4, -0.2) is 124 Å². The molecule has 0 radical (unpaired) electrons. The Bertz CT molecular complexity index is 2260. The van der Waals surface area contributed by atoms with Crippen molar-refractivity contribution in [3.05, 3.63) is 69.8 Å². The number of allylic oxidation sites excluding steroid dienone is 1. The van der Waals surface area contributed by atoms with Crippen LogP contribution in [-0.2, 0) is 21.4 Å². The molecule has 3 saturated heterocycles. The number of piperazine rings is 1. The molecule has 7 rings (SSSR count). The molecule has 318 valence electrons. The lowest BCUT2D eigenvalue weighted by Crippen LogP contribution is -2.48. The topological polar surface area (TPSA) is 196 Å². The maximum absolute atomic E-state index is 13.7. The molecule has 2 aromatic rings. The van der Waals surface area contributed by atoms with E-state index in [1.165, 1.54) is 15.3 Å². The number of alkyl halides is 2. The largest absolute Gasteiger partial charge is 0.386 e. The van der Waals surface area contributed by atoms with E-state index in [0.717, 1.165) is 90.6 Å². The van der Waals surface area contributed by atoms with E-state index in [-0.39, 0.29) is 47.6 Å². The van der Waals surface area contributed by atoms with Crippen LogP contribution in [0.4, 0.5) is 8.78 Å². The van der Waals surface area contributed by atoms with Gasteiger partial charge in [-0.15, -0.1) is 0 Å². The Balaban J connectivity index is 0.882. The fourth-order valence-corrected chi connectivity index (χ4v) is 8.59. The zero-order valence-electron chi connectivity index (χ0n) is 33.7. The van der Waals surface area contributed by atoms with Crippen LogP contribution in [0.5, 0.6) is 0 Å². The summed E-state index contributed by atoms with van der Waals surface area (Å²) in [6.45, 7) is 6.76. The summed E-state index contributed by atoms with van der Waals surface area (Å²) >= 11 is 0. The van der Waals surface area contributed by atoms with Crippen molar-refractivity contribution in [1.82, 2.24) is 45.1 Å². The van der Waals surface area contributed by atoms with Crippen molar-refractivity contribution < 1.29 is 23.2 Å². The van der Waals surface area contributed by atoms with Gasteiger partial charge in [0.25, 0.3) is 12.3 Å². The summed E-state index contributed by atoms with van der Waals surface area (Å²) in [7, 11) is 1.67. The molecule has 6 N–H and O–H groups in total. The van der Waals surface area contributed by atoms with Crippen molar-refractivity contribution in [1.29, 1.82) is 10.8 Å². The van der Waals surface area contributed by atoms with E-state index in [1.807, 2.05) is 12.1 Å². The Morgan fingerprint density at radius 3 is 2.47 bits per heavy atom. The third kappa shape index (κ3) is 9.58. The summed E-state index contributed by atoms with van der Waals surface area (Å²) in [6.07, 6.45) is 8.48. The highest BCUT2D eigenvalue weighted by Crippen LogP contribution is 2.27. The number of benzene rings is 1. The van der Waals surface area contributed by atoms with Crippen LogP contribution in [0.1, 0.15) is 63.0 Å². The predicted molar refractivity (Wildman–Crippen MR) is 224 cm³/mol. The molecule has 1 aliphatic carbocycles. The van der Waals surface area contributed by atoms with Gasteiger partial charge in [-0.25, -0.2) is 18.6 Å². The first-order valence-corrected chi connectivity index (χ1v) is 20.6. The molecule has 0 bridgehead atoms. The van der Waals surface area contributed by atoms with Crippen LogP contribution in [0.2, 0.25) is 0 Å². The number of amides is 3. The number of imide groups is 1. The Morgan fingerprint density at radius 2 is 1.77 bits per heavy atom. The number of aliphatic imine (C=N–C) groups is 1. The lowest BCUT2D eigenvalue weighted by molar-refractivity contribution is -0.135. The van der Waals surface area contributed by atoms with E-state index >= 15 is 0 Å². The van der Waals surface area contributed by atoms with E-state index in [9.17, 15) is 28.0 Å². The molecule has 4 fully saturated rings. The van der Waals surface area contributed by atoms with E-state index in [0.29, 0.717) is 34.9 Å². The van der Waals surface area contributed by atoms with Crippen LogP contribution < -0.4 is 27.0 Å². The van der Waals surface area contributed by atoms with Gasteiger partial charge in [0.2, 0.25) is 11.8 Å². The summed E-state index contributed by atoms with van der Waals surface area (Å²) in [6, 6.07) is 4.74. The minimum atomic E-state index is -3.10. The van der Waals surface area contributed by atoms with Crippen LogP contribution in [0.25, 0.3) is 11.0 Å². The monoisotopic (exact) mass is 826 g/mol. The predicted octanol–water partition coefficient (Wildman–Crippen LogP) is 2.15. The quantitative estimate of drug-likeness (QED) is 0.0852. The van der Waals surface area contributed by atoms with E-state index in [2.05, 4.69) is 52.8 Å². The normalized spacial score (nSPS) is 23.7. The number of fused-ring (bicyclic) bond motifs is 1. The highest BCUT2D eigenvalue weighted by atomic mass is 19.3. The number of nitrogens with one attached hydrogen (secondary N) is 6. The maximum atomic E-state index is 13.7. The molecule has 16 nitrogen and oxygen atoms in total. The molecule has 60 heavy (non-hydrogen) atoms. The first-order chi connectivity index (χ1) is 29.0. The minimum absolute atomic E-state index is 0.00312. The SMILES string of the molecule is Cn1c(=O)n(C2CCC(=O)NC2=O)c2cccc(C#CCN3CCN(C[C@H]4CC[C@H](N/C=C(/NC(=O)/C(C=N)=C5\N=C(N6CCCC6)C=CN5)C(=N)C(F)F)CC4)CC3)c21. The highest BCUT2D eigenvalue weighted by Gasteiger charge is 2.32. The molecular formula is C42H52F2N12O4. The van der Waals surface area contributed by atoms with Gasteiger partial charge < -0.3 is 31.2 Å². The van der Waals surface area contributed by atoms with Gasteiger partial charge in [0.15, 0.2) is 0 Å². The molecule has 1 atom stereocenters. The number of nitrogens with zero attached hydrogens (tertiary/aromatic N) is 6. The molecule has 1 unspecified atom stereocenters. The van der Waals surface area contributed by atoms with Gasteiger partial charge in [-0.1, -0.05) is 17.9 Å². The maximum Gasteiger partial charge on any atom is 0.329 e. The average molecular weight is 827 g/mol. The van der Waals surface area contributed by atoms with Crippen LogP contribution in [0.3, 0.4) is 0 Å². The third-order valence-corrected chi connectivity index (χ3v) is 12.0. The first kappa shape index (κ1) is 42.2. The fourth-order valence-electron chi connectivity index (χ4n) is 8.59. The van der Waals surface area contributed by atoms with Crippen LogP contribution in [0.15, 0.2) is 63.6 Å². The number of carbonyl (C=O) groups is 3. The molecule has 18 heteroatoms. The van der Waals surface area contributed by atoms with Crippen LogP contribution in [0, 0.1) is 28.6 Å². The number of rotatable bonds is 11. The first-order valence-electron chi connectivity index (χ1n) is 20.6. The Hall–Kier alpha value is -5.93. The van der Waals surface area contributed by atoms with E-state index < -0.39 is 30.0 Å². The van der Waals surface area contributed by atoms with Crippen molar-refractivity contribution in [3.8, 4) is 11.8 Å². The van der Waals surface area contributed by atoms with Crippen LogP contribution >= 0.6 is 0 Å². The number of aromatic nitrogens is 2. The van der Waals surface area contributed by atoms with Gasteiger partial charge in [0, 0.05) is 83.9 Å². The molecule has 5 aliphatic rings. The molecule has 1 aromatic carbocycles. The van der Waals surface area contributed by atoms with Crippen molar-refractivity contribution in [2.45, 2.75) is 69.9 Å². The van der Waals surface area contributed by atoms with Crippen molar-refractivity contribution in [3.63, 3.8) is 0 Å².